The van der Waals surface area contributed by atoms with E-state index in [9.17, 15) is 4.79 Å². The highest BCUT2D eigenvalue weighted by Crippen LogP contribution is 2.25. The predicted molar refractivity (Wildman–Crippen MR) is 87.4 cm³/mol. The van der Waals surface area contributed by atoms with E-state index in [2.05, 4.69) is 19.2 Å². The Hall–Kier alpha value is -1.53. The molecule has 0 bridgehead atoms. The van der Waals surface area contributed by atoms with Crippen LogP contribution < -0.4 is 5.32 Å². The Bertz CT molecular complexity index is 501. The summed E-state index contributed by atoms with van der Waals surface area (Å²) in [6, 6.07) is 3.49. The highest BCUT2D eigenvalue weighted by molar-refractivity contribution is 5.75. The standard InChI is InChI=1S/C17H28N2O4/c1-12(2)9-22-10-13(3)18-17(20)19-7-8-21-11-15(19)16-6-5-14(4)23-16/h5-6,12-13,15H,7-11H2,1-4H3,(H,18,20). The van der Waals surface area contributed by atoms with Crippen LogP contribution in [0.15, 0.2) is 16.5 Å². The van der Waals surface area contributed by atoms with Crippen molar-refractivity contribution in [3.8, 4) is 0 Å². The average Bonchev–Trinajstić information content (AvgIpc) is 2.93. The van der Waals surface area contributed by atoms with Crippen molar-refractivity contribution >= 4 is 6.03 Å². The second kappa shape index (κ2) is 8.36. The van der Waals surface area contributed by atoms with E-state index < -0.39 is 0 Å². The van der Waals surface area contributed by atoms with Crippen LogP contribution in [0.25, 0.3) is 0 Å². The molecule has 130 valence electrons. The second-order valence-electron chi connectivity index (χ2n) is 6.51. The van der Waals surface area contributed by atoms with Crippen LogP contribution in [0, 0.1) is 12.8 Å². The van der Waals surface area contributed by atoms with Gasteiger partial charge in [-0.15, -0.1) is 0 Å². The highest BCUT2D eigenvalue weighted by atomic mass is 16.5. The minimum absolute atomic E-state index is 0.0388. The Balaban J connectivity index is 1.90. The average molecular weight is 324 g/mol. The number of nitrogens with zero attached hydrogens (tertiary/aromatic N) is 1. The first kappa shape index (κ1) is 17.8. The fourth-order valence-corrected chi connectivity index (χ4v) is 2.53. The van der Waals surface area contributed by atoms with Gasteiger partial charge in [0.05, 0.1) is 25.9 Å². The number of aryl methyl sites for hydroxylation is 1. The molecule has 2 atom stereocenters. The molecule has 1 saturated heterocycles. The van der Waals surface area contributed by atoms with Crippen LogP contribution in [0.5, 0.6) is 0 Å². The Morgan fingerprint density at radius 2 is 2.17 bits per heavy atom. The van der Waals surface area contributed by atoms with Crippen LogP contribution in [-0.4, -0.2) is 49.9 Å². The van der Waals surface area contributed by atoms with Crippen molar-refractivity contribution in [1.82, 2.24) is 10.2 Å². The summed E-state index contributed by atoms with van der Waals surface area (Å²) in [6.45, 7) is 10.8. The Morgan fingerprint density at radius 1 is 1.39 bits per heavy atom. The zero-order valence-corrected chi connectivity index (χ0v) is 14.5. The molecule has 23 heavy (non-hydrogen) atoms. The maximum absolute atomic E-state index is 12.6. The van der Waals surface area contributed by atoms with Gasteiger partial charge in [0.1, 0.15) is 17.6 Å². The van der Waals surface area contributed by atoms with Gasteiger partial charge in [0.2, 0.25) is 0 Å². The lowest BCUT2D eigenvalue weighted by Crippen LogP contribution is -2.50. The molecule has 0 aromatic carbocycles. The molecular weight excluding hydrogens is 296 g/mol. The van der Waals surface area contributed by atoms with Gasteiger partial charge in [-0.3, -0.25) is 0 Å². The zero-order valence-electron chi connectivity index (χ0n) is 14.5. The minimum Gasteiger partial charge on any atom is -0.464 e. The number of nitrogens with one attached hydrogen (secondary N) is 1. The van der Waals surface area contributed by atoms with Crippen molar-refractivity contribution in [2.24, 2.45) is 5.92 Å². The number of morpholine rings is 1. The van der Waals surface area contributed by atoms with Crippen LogP contribution in [0.3, 0.4) is 0 Å². The molecule has 2 rings (SSSR count). The molecule has 1 aliphatic heterocycles. The van der Waals surface area contributed by atoms with E-state index >= 15 is 0 Å². The Kier molecular flexibility index (Phi) is 6.47. The molecule has 6 heteroatoms. The molecule has 0 radical (unpaired) electrons. The molecule has 1 aliphatic rings. The van der Waals surface area contributed by atoms with Gasteiger partial charge in [-0.2, -0.15) is 0 Å². The van der Waals surface area contributed by atoms with Gasteiger partial charge in [0, 0.05) is 13.2 Å². The third kappa shape index (κ3) is 5.25. The first-order valence-electron chi connectivity index (χ1n) is 8.26. The molecule has 1 N–H and O–H groups in total. The Labute approximate surface area is 138 Å². The number of hydrogen-bond donors (Lipinski definition) is 1. The molecule has 0 aliphatic carbocycles. The van der Waals surface area contributed by atoms with Crippen molar-refractivity contribution < 1.29 is 18.7 Å². The smallest absolute Gasteiger partial charge is 0.318 e. The number of carbonyl (C=O) groups excluding carboxylic acids is 1. The van der Waals surface area contributed by atoms with Crippen molar-refractivity contribution in [2.45, 2.75) is 39.8 Å². The summed E-state index contributed by atoms with van der Waals surface area (Å²) in [5.74, 6) is 2.09. The number of amides is 2. The maximum atomic E-state index is 12.6. The molecule has 2 amide bonds. The number of hydrogen-bond acceptors (Lipinski definition) is 4. The number of ether oxygens (including phenoxy) is 2. The van der Waals surface area contributed by atoms with Crippen molar-refractivity contribution in [1.29, 1.82) is 0 Å². The van der Waals surface area contributed by atoms with E-state index in [4.69, 9.17) is 13.9 Å². The summed E-state index contributed by atoms with van der Waals surface area (Å²) in [6.07, 6.45) is 0. The maximum Gasteiger partial charge on any atom is 0.318 e. The fraction of sp³-hybridized carbons (Fsp3) is 0.706. The first-order valence-corrected chi connectivity index (χ1v) is 8.26. The van der Waals surface area contributed by atoms with Crippen LogP contribution >= 0.6 is 0 Å². The van der Waals surface area contributed by atoms with Crippen LogP contribution in [0.2, 0.25) is 0 Å². The molecule has 2 heterocycles. The van der Waals surface area contributed by atoms with Gasteiger partial charge in [-0.25, -0.2) is 4.79 Å². The van der Waals surface area contributed by atoms with Crippen LogP contribution in [0.1, 0.15) is 38.3 Å². The van der Waals surface area contributed by atoms with Crippen molar-refractivity contribution in [3.63, 3.8) is 0 Å². The fourth-order valence-electron chi connectivity index (χ4n) is 2.53. The molecule has 1 aromatic rings. The topological polar surface area (TPSA) is 63.9 Å². The number of urea groups is 1. The van der Waals surface area contributed by atoms with Gasteiger partial charge in [0.25, 0.3) is 0 Å². The lowest BCUT2D eigenvalue weighted by molar-refractivity contribution is 0.00256. The zero-order chi connectivity index (χ0) is 16.8. The van der Waals surface area contributed by atoms with Crippen molar-refractivity contribution in [3.05, 3.63) is 23.7 Å². The molecule has 2 unspecified atom stereocenters. The van der Waals surface area contributed by atoms with Crippen LogP contribution in [-0.2, 0) is 9.47 Å². The van der Waals surface area contributed by atoms with Gasteiger partial charge >= 0.3 is 6.03 Å². The normalized spacial score (nSPS) is 19.9. The first-order chi connectivity index (χ1) is 11.0. The van der Waals surface area contributed by atoms with Crippen LogP contribution in [0.4, 0.5) is 4.79 Å². The Morgan fingerprint density at radius 3 is 2.83 bits per heavy atom. The number of furan rings is 1. The van der Waals surface area contributed by atoms with Gasteiger partial charge in [-0.1, -0.05) is 13.8 Å². The summed E-state index contributed by atoms with van der Waals surface area (Å²) < 4.78 is 16.8. The summed E-state index contributed by atoms with van der Waals surface area (Å²) in [5.41, 5.74) is 0. The van der Waals surface area contributed by atoms with E-state index in [0.29, 0.717) is 38.9 Å². The third-order valence-corrected chi connectivity index (χ3v) is 3.67. The van der Waals surface area contributed by atoms with E-state index in [0.717, 1.165) is 11.5 Å². The summed E-state index contributed by atoms with van der Waals surface area (Å²) >= 11 is 0. The van der Waals surface area contributed by atoms with Gasteiger partial charge < -0.3 is 24.1 Å². The summed E-state index contributed by atoms with van der Waals surface area (Å²) in [7, 11) is 0. The molecule has 1 aromatic heterocycles. The largest absolute Gasteiger partial charge is 0.464 e. The number of carbonyl (C=O) groups is 1. The summed E-state index contributed by atoms with van der Waals surface area (Å²) in [4.78, 5) is 14.3. The predicted octanol–water partition coefficient (Wildman–Crippen LogP) is 2.73. The monoisotopic (exact) mass is 324 g/mol. The molecule has 1 fully saturated rings. The quantitative estimate of drug-likeness (QED) is 0.874. The lowest BCUT2D eigenvalue weighted by Gasteiger charge is -2.35. The summed E-state index contributed by atoms with van der Waals surface area (Å²) in [5, 5.41) is 2.99. The highest BCUT2D eigenvalue weighted by Gasteiger charge is 2.31. The second-order valence-corrected chi connectivity index (χ2v) is 6.51. The SMILES string of the molecule is Cc1ccc(C2COCCN2C(=O)NC(C)COCC(C)C)o1. The molecular formula is C17H28N2O4. The minimum atomic E-state index is -0.179. The lowest BCUT2D eigenvalue weighted by atomic mass is 10.2. The molecule has 0 spiro atoms. The van der Waals surface area contributed by atoms with E-state index in [1.165, 1.54) is 0 Å². The number of rotatable bonds is 6. The van der Waals surface area contributed by atoms with Gasteiger partial charge in [-0.05, 0) is 31.9 Å². The van der Waals surface area contributed by atoms with E-state index in [1.807, 2.05) is 26.0 Å². The molecule has 0 saturated carbocycles. The third-order valence-electron chi connectivity index (χ3n) is 3.67. The van der Waals surface area contributed by atoms with E-state index in [1.54, 1.807) is 4.90 Å². The van der Waals surface area contributed by atoms with E-state index in [-0.39, 0.29) is 18.1 Å². The van der Waals surface area contributed by atoms with Crippen molar-refractivity contribution in [2.75, 3.05) is 33.0 Å². The van der Waals surface area contributed by atoms with Gasteiger partial charge in [0.15, 0.2) is 0 Å². The molecule has 6 nitrogen and oxygen atoms in total.